The van der Waals surface area contributed by atoms with Crippen molar-refractivity contribution in [3.8, 4) is 0 Å². The van der Waals surface area contributed by atoms with Crippen LogP contribution in [0.3, 0.4) is 0 Å². The third-order valence-electron chi connectivity index (χ3n) is 3.21. The van der Waals surface area contributed by atoms with Crippen LogP contribution in [0.2, 0.25) is 0 Å². The number of imidazole rings is 1. The molecule has 0 aromatic carbocycles. The minimum Gasteiger partial charge on any atom is -0.467 e. The van der Waals surface area contributed by atoms with Crippen LogP contribution in [0.25, 0.3) is 0 Å². The summed E-state index contributed by atoms with van der Waals surface area (Å²) in [5.41, 5.74) is 0. The van der Waals surface area contributed by atoms with Crippen LogP contribution < -0.4 is 4.57 Å². The Balaban J connectivity index is 2.18. The lowest BCUT2D eigenvalue weighted by Gasteiger charge is -2.31. The zero-order chi connectivity index (χ0) is 13.1. The maximum atomic E-state index is 12.3. The van der Waals surface area contributed by atoms with Gasteiger partial charge in [0.2, 0.25) is 0 Å². The van der Waals surface area contributed by atoms with Crippen molar-refractivity contribution in [2.24, 2.45) is 7.05 Å². The first-order chi connectivity index (χ1) is 8.63. The number of methoxy groups -OCH3 is 1. The molecule has 1 unspecified atom stereocenters. The zero-order valence-corrected chi connectivity index (χ0v) is 10.7. The Bertz CT molecular complexity index is 455. The summed E-state index contributed by atoms with van der Waals surface area (Å²) in [4.78, 5) is 25.6. The molecule has 1 saturated heterocycles. The number of amides is 1. The second-order valence-electron chi connectivity index (χ2n) is 4.50. The fraction of sp³-hybridized carbons (Fsp3) is 0.583. The molecule has 98 valence electrons. The first-order valence-corrected chi connectivity index (χ1v) is 6.05. The third-order valence-corrected chi connectivity index (χ3v) is 3.21. The molecule has 0 saturated carbocycles. The standard InChI is InChI=1S/C12H18N3O3/c1-13-7-8-14(9-13)12(17)15-6-4-3-5-10(15)11(16)18-2/h7-10H,3-6H2,1-2H3/q+1. The lowest BCUT2D eigenvalue weighted by molar-refractivity contribution is -0.670. The molecule has 6 heteroatoms. The Labute approximate surface area is 106 Å². The molecule has 1 aromatic heterocycles. The van der Waals surface area contributed by atoms with E-state index in [1.165, 1.54) is 11.7 Å². The summed E-state index contributed by atoms with van der Waals surface area (Å²) >= 11 is 0. The molecule has 0 radical (unpaired) electrons. The van der Waals surface area contributed by atoms with Gasteiger partial charge in [0.05, 0.1) is 14.2 Å². The summed E-state index contributed by atoms with van der Waals surface area (Å²) < 4.78 is 8.04. The summed E-state index contributed by atoms with van der Waals surface area (Å²) in [6.45, 7) is 0.598. The van der Waals surface area contributed by atoms with Gasteiger partial charge in [0, 0.05) is 6.54 Å². The second-order valence-corrected chi connectivity index (χ2v) is 4.50. The number of likely N-dealkylation sites (tertiary alicyclic amines) is 1. The minimum atomic E-state index is -0.455. The fourth-order valence-corrected chi connectivity index (χ4v) is 2.25. The van der Waals surface area contributed by atoms with Gasteiger partial charge in [-0.15, -0.1) is 0 Å². The number of aryl methyl sites for hydroxylation is 1. The van der Waals surface area contributed by atoms with Crippen molar-refractivity contribution in [1.82, 2.24) is 9.47 Å². The SMILES string of the molecule is COC(=O)C1CCCCN1C(=O)n1cc[n+](C)c1. The second kappa shape index (κ2) is 5.20. The minimum absolute atomic E-state index is 0.175. The van der Waals surface area contributed by atoms with E-state index in [2.05, 4.69) is 0 Å². The van der Waals surface area contributed by atoms with E-state index in [0.717, 1.165) is 12.8 Å². The van der Waals surface area contributed by atoms with Crippen molar-refractivity contribution in [1.29, 1.82) is 0 Å². The molecule has 2 heterocycles. The normalized spacial score (nSPS) is 19.7. The van der Waals surface area contributed by atoms with Crippen molar-refractivity contribution in [2.45, 2.75) is 25.3 Å². The zero-order valence-electron chi connectivity index (χ0n) is 10.7. The van der Waals surface area contributed by atoms with Crippen molar-refractivity contribution >= 4 is 12.0 Å². The lowest BCUT2D eigenvalue weighted by Crippen LogP contribution is -2.50. The highest BCUT2D eigenvalue weighted by Crippen LogP contribution is 2.19. The number of hydrogen-bond acceptors (Lipinski definition) is 3. The molecule has 1 aliphatic heterocycles. The van der Waals surface area contributed by atoms with Gasteiger partial charge in [-0.2, -0.15) is 4.57 Å². The van der Waals surface area contributed by atoms with E-state index in [0.29, 0.717) is 13.0 Å². The number of piperidine rings is 1. The summed E-state index contributed by atoms with van der Waals surface area (Å²) in [6, 6.07) is -0.630. The number of esters is 1. The number of nitrogens with zero attached hydrogens (tertiary/aromatic N) is 3. The van der Waals surface area contributed by atoms with Crippen molar-refractivity contribution in [3.05, 3.63) is 18.7 Å². The van der Waals surface area contributed by atoms with Crippen LogP contribution in [0, 0.1) is 0 Å². The molecule has 0 spiro atoms. The van der Waals surface area contributed by atoms with E-state index < -0.39 is 6.04 Å². The molecule has 1 amide bonds. The van der Waals surface area contributed by atoms with Crippen LogP contribution in [-0.2, 0) is 16.6 Å². The van der Waals surface area contributed by atoms with Gasteiger partial charge in [-0.05, 0) is 19.3 Å². The molecular formula is C12H18N3O3+. The highest BCUT2D eigenvalue weighted by molar-refractivity contribution is 5.84. The Morgan fingerprint density at radius 1 is 1.39 bits per heavy atom. The number of carbonyl (C=O) groups excluding carboxylic acids is 2. The van der Waals surface area contributed by atoms with Crippen LogP contribution in [0.4, 0.5) is 4.79 Å². The maximum absolute atomic E-state index is 12.3. The number of carbonyl (C=O) groups is 2. The monoisotopic (exact) mass is 252 g/mol. The largest absolute Gasteiger partial charge is 0.467 e. The van der Waals surface area contributed by atoms with Gasteiger partial charge in [0.15, 0.2) is 0 Å². The Morgan fingerprint density at radius 2 is 2.17 bits per heavy atom. The maximum Gasteiger partial charge on any atom is 0.416 e. The highest BCUT2D eigenvalue weighted by Gasteiger charge is 2.35. The molecule has 2 rings (SSSR count). The van der Waals surface area contributed by atoms with Gasteiger partial charge in [-0.25, -0.2) is 14.2 Å². The van der Waals surface area contributed by atoms with E-state index in [1.807, 2.05) is 7.05 Å². The molecule has 0 aliphatic carbocycles. The summed E-state index contributed by atoms with van der Waals surface area (Å²) in [5.74, 6) is -0.334. The first-order valence-electron chi connectivity index (χ1n) is 6.05. The van der Waals surface area contributed by atoms with Gasteiger partial charge in [0.1, 0.15) is 18.4 Å². The van der Waals surface area contributed by atoms with Crippen molar-refractivity contribution in [2.75, 3.05) is 13.7 Å². The average Bonchev–Trinajstić information content (AvgIpc) is 2.83. The van der Waals surface area contributed by atoms with Crippen LogP contribution in [-0.4, -0.2) is 41.2 Å². The van der Waals surface area contributed by atoms with E-state index in [9.17, 15) is 9.59 Å². The van der Waals surface area contributed by atoms with E-state index in [4.69, 9.17) is 4.74 Å². The topological polar surface area (TPSA) is 55.4 Å². The van der Waals surface area contributed by atoms with E-state index in [1.54, 1.807) is 28.2 Å². The number of ether oxygens (including phenoxy) is 1. The smallest absolute Gasteiger partial charge is 0.416 e. The molecule has 6 nitrogen and oxygen atoms in total. The molecule has 18 heavy (non-hydrogen) atoms. The molecule has 0 N–H and O–H groups in total. The van der Waals surface area contributed by atoms with Crippen molar-refractivity contribution < 1.29 is 18.9 Å². The Morgan fingerprint density at radius 3 is 2.78 bits per heavy atom. The van der Waals surface area contributed by atoms with Crippen LogP contribution in [0.5, 0.6) is 0 Å². The van der Waals surface area contributed by atoms with Gasteiger partial charge < -0.3 is 4.74 Å². The van der Waals surface area contributed by atoms with Gasteiger partial charge in [-0.3, -0.25) is 4.90 Å². The predicted molar refractivity (Wildman–Crippen MR) is 62.8 cm³/mol. The fourth-order valence-electron chi connectivity index (χ4n) is 2.25. The van der Waals surface area contributed by atoms with Crippen LogP contribution in [0.1, 0.15) is 19.3 Å². The number of hydrogen-bond donors (Lipinski definition) is 0. The number of aromatic nitrogens is 2. The average molecular weight is 252 g/mol. The lowest BCUT2D eigenvalue weighted by atomic mass is 10.0. The first kappa shape index (κ1) is 12.6. The molecule has 1 fully saturated rings. The van der Waals surface area contributed by atoms with Crippen LogP contribution >= 0.6 is 0 Å². The summed E-state index contributed by atoms with van der Waals surface area (Å²) in [6.07, 6.45) is 7.70. The summed E-state index contributed by atoms with van der Waals surface area (Å²) in [5, 5.41) is 0. The predicted octanol–water partition coefficient (Wildman–Crippen LogP) is 0.308. The molecule has 1 aliphatic rings. The Kier molecular flexibility index (Phi) is 3.64. The highest BCUT2D eigenvalue weighted by atomic mass is 16.5. The van der Waals surface area contributed by atoms with Gasteiger partial charge in [0.25, 0.3) is 6.33 Å². The van der Waals surface area contributed by atoms with Crippen LogP contribution in [0.15, 0.2) is 18.7 Å². The van der Waals surface area contributed by atoms with Gasteiger partial charge in [-0.1, -0.05) is 0 Å². The van der Waals surface area contributed by atoms with E-state index >= 15 is 0 Å². The molecule has 0 bridgehead atoms. The van der Waals surface area contributed by atoms with E-state index in [-0.39, 0.29) is 12.0 Å². The van der Waals surface area contributed by atoms with Gasteiger partial charge >= 0.3 is 12.0 Å². The summed E-state index contributed by atoms with van der Waals surface area (Å²) in [7, 11) is 3.20. The quantitative estimate of drug-likeness (QED) is 0.534. The number of rotatable bonds is 1. The molecule has 1 aromatic rings. The molecular weight excluding hydrogens is 234 g/mol. The Hall–Kier alpha value is -1.85. The third kappa shape index (κ3) is 2.37. The van der Waals surface area contributed by atoms with Crippen molar-refractivity contribution in [3.63, 3.8) is 0 Å². The molecule has 1 atom stereocenters.